The molecule has 30 heavy (non-hydrogen) atoms. The second-order valence-corrected chi connectivity index (χ2v) is 6.37. The molecule has 2 aromatic carbocycles. The van der Waals surface area contributed by atoms with Crippen molar-refractivity contribution in [1.29, 1.82) is 0 Å². The van der Waals surface area contributed by atoms with Crippen LogP contribution in [0.1, 0.15) is 25.3 Å². The van der Waals surface area contributed by atoms with Crippen molar-refractivity contribution in [2.24, 2.45) is 4.99 Å². The standard InChI is InChI=1S/C22H30N4O3.HI/c1-4-5-21(27)26-18-8-6-17(7-9-18)16-25-22(23-2)24-14-15-29-20-12-10-19(28-3)11-13-20;/h6-13H,4-5,14-16H2,1-3H3,(H,26,27)(H2,23,24,25);1H. The molecule has 0 aliphatic carbocycles. The Hall–Kier alpha value is -2.49. The van der Waals surface area contributed by atoms with Crippen LogP contribution in [0.25, 0.3) is 0 Å². The van der Waals surface area contributed by atoms with Gasteiger partial charge in [-0.15, -0.1) is 24.0 Å². The fourth-order valence-electron chi connectivity index (χ4n) is 2.57. The normalized spacial score (nSPS) is 10.6. The van der Waals surface area contributed by atoms with E-state index in [9.17, 15) is 4.79 Å². The maximum absolute atomic E-state index is 11.6. The molecule has 2 rings (SSSR count). The van der Waals surface area contributed by atoms with Crippen LogP contribution in [0.4, 0.5) is 5.69 Å². The number of hydrogen-bond acceptors (Lipinski definition) is 4. The van der Waals surface area contributed by atoms with Gasteiger partial charge < -0.3 is 25.4 Å². The van der Waals surface area contributed by atoms with Crippen LogP contribution in [0, 0.1) is 0 Å². The SMILES string of the molecule is CCCC(=O)Nc1ccc(CNC(=NC)NCCOc2ccc(OC)cc2)cc1.I. The molecule has 164 valence electrons. The van der Waals surface area contributed by atoms with Crippen molar-refractivity contribution in [1.82, 2.24) is 10.6 Å². The molecule has 1 amide bonds. The number of guanidine groups is 1. The molecule has 0 heterocycles. The van der Waals surface area contributed by atoms with Gasteiger partial charge in [0.1, 0.15) is 18.1 Å². The van der Waals surface area contributed by atoms with Gasteiger partial charge in [0, 0.05) is 25.7 Å². The quantitative estimate of drug-likeness (QED) is 0.190. The smallest absolute Gasteiger partial charge is 0.224 e. The lowest BCUT2D eigenvalue weighted by molar-refractivity contribution is -0.116. The summed E-state index contributed by atoms with van der Waals surface area (Å²) in [5.41, 5.74) is 1.90. The second kappa shape index (κ2) is 14.5. The van der Waals surface area contributed by atoms with E-state index >= 15 is 0 Å². The van der Waals surface area contributed by atoms with Crippen LogP contribution < -0.4 is 25.4 Å². The number of benzene rings is 2. The first-order chi connectivity index (χ1) is 14.1. The van der Waals surface area contributed by atoms with Crippen molar-refractivity contribution in [2.45, 2.75) is 26.3 Å². The molecule has 0 aliphatic heterocycles. The van der Waals surface area contributed by atoms with Crippen molar-refractivity contribution in [3.8, 4) is 11.5 Å². The maximum Gasteiger partial charge on any atom is 0.224 e. The first-order valence-corrected chi connectivity index (χ1v) is 9.74. The van der Waals surface area contributed by atoms with Crippen LogP contribution in [-0.2, 0) is 11.3 Å². The van der Waals surface area contributed by atoms with Crippen molar-refractivity contribution < 1.29 is 14.3 Å². The van der Waals surface area contributed by atoms with Gasteiger partial charge in [-0.2, -0.15) is 0 Å². The van der Waals surface area contributed by atoms with Crippen molar-refractivity contribution >= 4 is 41.5 Å². The third-order valence-corrected chi connectivity index (χ3v) is 4.12. The van der Waals surface area contributed by atoms with Gasteiger partial charge in [-0.1, -0.05) is 19.1 Å². The Kier molecular flexibility index (Phi) is 12.3. The number of carbonyl (C=O) groups is 1. The topological polar surface area (TPSA) is 84.0 Å². The molecule has 7 nitrogen and oxygen atoms in total. The van der Waals surface area contributed by atoms with Gasteiger partial charge in [-0.05, 0) is 48.4 Å². The van der Waals surface area contributed by atoms with Crippen molar-refractivity contribution in [3.63, 3.8) is 0 Å². The Morgan fingerprint density at radius 3 is 2.27 bits per heavy atom. The monoisotopic (exact) mass is 526 g/mol. The average Bonchev–Trinajstić information content (AvgIpc) is 2.75. The number of ether oxygens (including phenoxy) is 2. The van der Waals surface area contributed by atoms with Crippen molar-refractivity contribution in [2.75, 3.05) is 32.6 Å². The summed E-state index contributed by atoms with van der Waals surface area (Å²) in [6, 6.07) is 15.3. The molecule has 0 unspecified atom stereocenters. The van der Waals surface area contributed by atoms with E-state index in [1.54, 1.807) is 14.2 Å². The van der Waals surface area contributed by atoms with Gasteiger partial charge in [0.15, 0.2) is 5.96 Å². The third kappa shape index (κ3) is 9.34. The van der Waals surface area contributed by atoms with Crippen LogP contribution in [0.3, 0.4) is 0 Å². The molecule has 0 atom stereocenters. The van der Waals surface area contributed by atoms with E-state index in [4.69, 9.17) is 9.47 Å². The van der Waals surface area contributed by atoms with E-state index in [1.165, 1.54) is 0 Å². The fraction of sp³-hybridized carbons (Fsp3) is 0.364. The molecular formula is C22H31IN4O3. The highest BCUT2D eigenvalue weighted by molar-refractivity contribution is 14.0. The largest absolute Gasteiger partial charge is 0.497 e. The summed E-state index contributed by atoms with van der Waals surface area (Å²) in [5.74, 6) is 2.33. The molecular weight excluding hydrogens is 495 g/mol. The highest BCUT2D eigenvalue weighted by atomic mass is 127. The highest BCUT2D eigenvalue weighted by Gasteiger charge is 2.02. The number of hydrogen-bond donors (Lipinski definition) is 3. The summed E-state index contributed by atoms with van der Waals surface area (Å²) in [7, 11) is 3.37. The average molecular weight is 526 g/mol. The van der Waals surface area contributed by atoms with Gasteiger partial charge in [-0.25, -0.2) is 0 Å². The Labute approximate surface area is 195 Å². The Morgan fingerprint density at radius 1 is 1.00 bits per heavy atom. The molecule has 0 saturated heterocycles. The van der Waals surface area contributed by atoms with E-state index in [1.807, 2.05) is 55.5 Å². The predicted octanol–water partition coefficient (Wildman–Crippen LogP) is 3.80. The van der Waals surface area contributed by atoms with E-state index in [2.05, 4.69) is 20.9 Å². The summed E-state index contributed by atoms with van der Waals surface area (Å²) in [6.45, 7) is 3.75. The Bertz CT molecular complexity index is 780. The molecule has 0 aliphatic rings. The maximum atomic E-state index is 11.6. The van der Waals surface area contributed by atoms with Gasteiger partial charge in [-0.3, -0.25) is 9.79 Å². The molecule has 0 radical (unpaired) electrons. The number of halogens is 1. The molecule has 3 N–H and O–H groups in total. The number of methoxy groups -OCH3 is 1. The van der Waals surface area contributed by atoms with Gasteiger partial charge in [0.05, 0.1) is 13.7 Å². The van der Waals surface area contributed by atoms with Crippen LogP contribution in [0.15, 0.2) is 53.5 Å². The lowest BCUT2D eigenvalue weighted by atomic mass is 10.2. The van der Waals surface area contributed by atoms with E-state index in [0.29, 0.717) is 32.1 Å². The minimum Gasteiger partial charge on any atom is -0.497 e. The van der Waals surface area contributed by atoms with E-state index in [-0.39, 0.29) is 29.9 Å². The molecule has 8 heteroatoms. The zero-order valence-corrected chi connectivity index (χ0v) is 20.1. The van der Waals surface area contributed by atoms with Gasteiger partial charge in [0.25, 0.3) is 0 Å². The fourth-order valence-corrected chi connectivity index (χ4v) is 2.57. The van der Waals surface area contributed by atoms with Crippen LogP contribution in [-0.4, -0.2) is 39.2 Å². The lowest BCUT2D eigenvalue weighted by Gasteiger charge is -2.13. The minimum absolute atomic E-state index is 0. The molecule has 0 saturated carbocycles. The molecule has 0 fully saturated rings. The summed E-state index contributed by atoms with van der Waals surface area (Å²) in [5, 5.41) is 9.36. The van der Waals surface area contributed by atoms with Crippen LogP contribution in [0.5, 0.6) is 11.5 Å². The highest BCUT2D eigenvalue weighted by Crippen LogP contribution is 2.16. The molecule has 0 spiro atoms. The second-order valence-electron chi connectivity index (χ2n) is 6.37. The number of carbonyl (C=O) groups excluding carboxylic acids is 1. The zero-order valence-electron chi connectivity index (χ0n) is 17.7. The zero-order chi connectivity index (χ0) is 20.9. The van der Waals surface area contributed by atoms with E-state index < -0.39 is 0 Å². The number of amides is 1. The predicted molar refractivity (Wildman–Crippen MR) is 132 cm³/mol. The van der Waals surface area contributed by atoms with Crippen LogP contribution in [0.2, 0.25) is 0 Å². The number of nitrogens with one attached hydrogen (secondary N) is 3. The van der Waals surface area contributed by atoms with Gasteiger partial charge >= 0.3 is 0 Å². The first kappa shape index (κ1) is 25.5. The summed E-state index contributed by atoms with van der Waals surface area (Å²) >= 11 is 0. The lowest BCUT2D eigenvalue weighted by Crippen LogP contribution is -2.38. The van der Waals surface area contributed by atoms with Gasteiger partial charge in [0.2, 0.25) is 5.91 Å². The van der Waals surface area contributed by atoms with Crippen LogP contribution >= 0.6 is 24.0 Å². The number of anilines is 1. The summed E-state index contributed by atoms with van der Waals surface area (Å²) in [4.78, 5) is 15.8. The number of aliphatic imine (C=N–C) groups is 1. The van der Waals surface area contributed by atoms with E-state index in [0.717, 1.165) is 29.2 Å². The molecule has 2 aromatic rings. The summed E-state index contributed by atoms with van der Waals surface area (Å²) < 4.78 is 10.8. The molecule has 0 bridgehead atoms. The number of nitrogens with zero attached hydrogens (tertiary/aromatic N) is 1. The Morgan fingerprint density at radius 2 is 1.67 bits per heavy atom. The molecule has 0 aromatic heterocycles. The third-order valence-electron chi connectivity index (χ3n) is 4.12. The number of rotatable bonds is 10. The minimum atomic E-state index is 0. The van der Waals surface area contributed by atoms with Crippen molar-refractivity contribution in [3.05, 3.63) is 54.1 Å². The Balaban J connectivity index is 0.00000450. The summed E-state index contributed by atoms with van der Waals surface area (Å²) in [6.07, 6.45) is 1.37. The first-order valence-electron chi connectivity index (χ1n) is 9.74.